The van der Waals surface area contributed by atoms with Crippen LogP contribution in [0, 0.1) is 0 Å². The van der Waals surface area contributed by atoms with Crippen molar-refractivity contribution in [2.45, 2.75) is 19.3 Å². The molecule has 0 bridgehead atoms. The molecular formula is C17H17BrClNO. The maximum Gasteiger partial charge on any atom is 0.236 e. The molecule has 21 heavy (non-hydrogen) atoms. The van der Waals surface area contributed by atoms with Gasteiger partial charge in [-0.2, -0.15) is 0 Å². The molecule has 2 nitrogen and oxygen atoms in total. The number of amides is 1. The van der Waals surface area contributed by atoms with Gasteiger partial charge in [0.15, 0.2) is 0 Å². The summed E-state index contributed by atoms with van der Waals surface area (Å²) in [5.41, 5.74) is 1.19. The van der Waals surface area contributed by atoms with Crippen LogP contribution in [0.25, 0.3) is 0 Å². The average molecular weight is 367 g/mol. The molecule has 0 fully saturated rings. The first-order valence-corrected chi connectivity index (χ1v) is 7.79. The Bertz CT molecular complexity index is 635. The Morgan fingerprint density at radius 2 is 1.57 bits per heavy atom. The number of halogens is 2. The Balaban J connectivity index is 2.28. The highest BCUT2D eigenvalue weighted by Crippen LogP contribution is 2.29. The number of carbonyl (C=O) groups is 1. The summed E-state index contributed by atoms with van der Waals surface area (Å²) < 4.78 is 0.990. The molecule has 0 unspecified atom stereocenters. The molecule has 0 aliphatic rings. The number of likely N-dealkylation sites (N-methyl/N-ethyl adjacent to an activating group) is 1. The Morgan fingerprint density at radius 1 is 1.05 bits per heavy atom. The third-order valence-corrected chi connectivity index (χ3v) is 4.40. The van der Waals surface area contributed by atoms with Crippen LogP contribution in [0.4, 0.5) is 5.69 Å². The topological polar surface area (TPSA) is 20.3 Å². The monoisotopic (exact) mass is 365 g/mol. The number of anilines is 1. The number of hydrogen-bond donors (Lipinski definition) is 0. The second-order valence-corrected chi connectivity index (χ2v) is 6.82. The fraction of sp³-hybridized carbons (Fsp3) is 0.235. The number of carbonyl (C=O) groups excluding carboxylic acids is 1. The van der Waals surface area contributed by atoms with E-state index in [-0.39, 0.29) is 5.91 Å². The van der Waals surface area contributed by atoms with Gasteiger partial charge in [-0.3, -0.25) is 4.79 Å². The molecule has 0 radical (unpaired) electrons. The zero-order chi connectivity index (χ0) is 15.6. The highest BCUT2D eigenvalue weighted by atomic mass is 79.9. The Hall–Kier alpha value is -1.32. The lowest BCUT2D eigenvalue weighted by Crippen LogP contribution is -2.41. The van der Waals surface area contributed by atoms with Gasteiger partial charge in [0, 0.05) is 22.2 Å². The molecule has 0 aliphatic carbocycles. The van der Waals surface area contributed by atoms with E-state index in [1.54, 1.807) is 11.9 Å². The quantitative estimate of drug-likeness (QED) is 0.745. The summed E-state index contributed by atoms with van der Waals surface area (Å²) in [5, 5.41) is 0.670. The Labute approximate surface area is 138 Å². The predicted molar refractivity (Wildman–Crippen MR) is 92.0 cm³/mol. The third-order valence-electron chi connectivity index (χ3n) is 3.62. The second-order valence-electron chi connectivity index (χ2n) is 5.47. The van der Waals surface area contributed by atoms with Crippen LogP contribution in [0.15, 0.2) is 53.0 Å². The van der Waals surface area contributed by atoms with E-state index in [1.807, 2.05) is 62.4 Å². The molecule has 2 aromatic carbocycles. The lowest BCUT2D eigenvalue weighted by atomic mass is 9.83. The van der Waals surface area contributed by atoms with Crippen molar-refractivity contribution < 1.29 is 4.79 Å². The van der Waals surface area contributed by atoms with Gasteiger partial charge in [-0.1, -0.05) is 39.7 Å². The van der Waals surface area contributed by atoms with E-state index in [9.17, 15) is 4.79 Å². The molecule has 0 saturated carbocycles. The molecule has 1 amide bonds. The van der Waals surface area contributed by atoms with Crippen molar-refractivity contribution >= 4 is 39.1 Å². The van der Waals surface area contributed by atoms with E-state index < -0.39 is 5.41 Å². The van der Waals surface area contributed by atoms with Gasteiger partial charge in [-0.25, -0.2) is 0 Å². The highest BCUT2D eigenvalue weighted by molar-refractivity contribution is 9.10. The number of nitrogens with zero attached hydrogens (tertiary/aromatic N) is 1. The van der Waals surface area contributed by atoms with Crippen LogP contribution in [-0.2, 0) is 10.2 Å². The lowest BCUT2D eigenvalue weighted by molar-refractivity contribution is -0.122. The van der Waals surface area contributed by atoms with Gasteiger partial charge in [0.1, 0.15) is 0 Å². The molecular weight excluding hydrogens is 350 g/mol. The van der Waals surface area contributed by atoms with Crippen molar-refractivity contribution in [1.82, 2.24) is 0 Å². The van der Waals surface area contributed by atoms with E-state index in [0.29, 0.717) is 5.02 Å². The summed E-state index contributed by atoms with van der Waals surface area (Å²) in [6.07, 6.45) is 0. The molecule has 110 valence electrons. The van der Waals surface area contributed by atoms with E-state index in [1.165, 1.54) is 0 Å². The molecule has 0 saturated heterocycles. The Kier molecular flexibility index (Phi) is 4.74. The van der Waals surface area contributed by atoms with Gasteiger partial charge in [-0.15, -0.1) is 0 Å². The lowest BCUT2D eigenvalue weighted by Gasteiger charge is -2.30. The fourth-order valence-electron chi connectivity index (χ4n) is 2.19. The minimum absolute atomic E-state index is 0.0344. The standard InChI is InChI=1S/C17H17BrClNO/c1-17(2,12-4-8-14(19)9-5-12)16(21)20(3)15-10-6-13(18)7-11-15/h4-11H,1-3H3. The molecule has 0 heterocycles. The van der Waals surface area contributed by atoms with E-state index in [4.69, 9.17) is 11.6 Å². The van der Waals surface area contributed by atoms with E-state index >= 15 is 0 Å². The molecule has 4 heteroatoms. The highest BCUT2D eigenvalue weighted by Gasteiger charge is 2.32. The summed E-state index contributed by atoms with van der Waals surface area (Å²) in [6, 6.07) is 15.1. The first-order valence-electron chi connectivity index (χ1n) is 6.62. The summed E-state index contributed by atoms with van der Waals surface area (Å²) >= 11 is 9.31. The molecule has 2 rings (SSSR count). The summed E-state index contributed by atoms with van der Waals surface area (Å²) in [7, 11) is 1.79. The minimum atomic E-state index is -0.619. The first kappa shape index (κ1) is 16.1. The van der Waals surface area contributed by atoms with Crippen molar-refractivity contribution in [2.24, 2.45) is 0 Å². The first-order chi connectivity index (χ1) is 9.82. The van der Waals surface area contributed by atoms with E-state index in [0.717, 1.165) is 15.7 Å². The minimum Gasteiger partial charge on any atom is -0.315 e. The van der Waals surface area contributed by atoms with Crippen molar-refractivity contribution in [1.29, 1.82) is 0 Å². The largest absolute Gasteiger partial charge is 0.315 e. The predicted octanol–water partition coefficient (Wildman–Crippen LogP) is 5.04. The van der Waals surface area contributed by atoms with Gasteiger partial charge < -0.3 is 4.90 Å². The molecule has 0 spiro atoms. The normalized spacial score (nSPS) is 11.3. The van der Waals surface area contributed by atoms with Gasteiger partial charge in [0.2, 0.25) is 5.91 Å². The maximum atomic E-state index is 12.8. The fourth-order valence-corrected chi connectivity index (χ4v) is 2.58. The maximum absolute atomic E-state index is 12.8. The molecule has 2 aromatic rings. The Morgan fingerprint density at radius 3 is 2.10 bits per heavy atom. The van der Waals surface area contributed by atoms with Crippen molar-refractivity contribution in [3.05, 3.63) is 63.6 Å². The van der Waals surface area contributed by atoms with Crippen molar-refractivity contribution in [2.75, 3.05) is 11.9 Å². The summed E-state index contributed by atoms with van der Waals surface area (Å²) in [5.74, 6) is 0.0344. The van der Waals surface area contributed by atoms with E-state index in [2.05, 4.69) is 15.9 Å². The molecule has 0 N–H and O–H groups in total. The van der Waals surface area contributed by atoms with Gasteiger partial charge in [0.25, 0.3) is 0 Å². The van der Waals surface area contributed by atoms with Gasteiger partial charge in [0.05, 0.1) is 5.41 Å². The zero-order valence-corrected chi connectivity index (χ0v) is 14.6. The van der Waals surface area contributed by atoms with Crippen LogP contribution in [0.5, 0.6) is 0 Å². The van der Waals surface area contributed by atoms with Crippen molar-refractivity contribution in [3.8, 4) is 0 Å². The van der Waals surface area contributed by atoms with Crippen LogP contribution in [-0.4, -0.2) is 13.0 Å². The average Bonchev–Trinajstić information content (AvgIpc) is 2.47. The molecule has 0 aliphatic heterocycles. The number of hydrogen-bond acceptors (Lipinski definition) is 1. The van der Waals surface area contributed by atoms with Crippen molar-refractivity contribution in [3.63, 3.8) is 0 Å². The number of rotatable bonds is 3. The van der Waals surface area contributed by atoms with Crippen LogP contribution in [0.3, 0.4) is 0 Å². The van der Waals surface area contributed by atoms with Gasteiger partial charge in [-0.05, 0) is 55.8 Å². The molecule has 0 aromatic heterocycles. The third kappa shape index (κ3) is 3.47. The smallest absolute Gasteiger partial charge is 0.236 e. The van der Waals surface area contributed by atoms with Crippen LogP contribution in [0.1, 0.15) is 19.4 Å². The zero-order valence-electron chi connectivity index (χ0n) is 12.2. The van der Waals surface area contributed by atoms with Crippen LogP contribution >= 0.6 is 27.5 Å². The number of benzene rings is 2. The van der Waals surface area contributed by atoms with Crippen LogP contribution < -0.4 is 4.90 Å². The summed E-state index contributed by atoms with van der Waals surface area (Å²) in [4.78, 5) is 14.5. The van der Waals surface area contributed by atoms with Gasteiger partial charge >= 0.3 is 0 Å². The van der Waals surface area contributed by atoms with Crippen LogP contribution in [0.2, 0.25) is 5.02 Å². The summed E-state index contributed by atoms with van der Waals surface area (Å²) in [6.45, 7) is 3.85. The molecule has 0 atom stereocenters. The second kappa shape index (κ2) is 6.20. The SMILES string of the molecule is CN(C(=O)C(C)(C)c1ccc(Cl)cc1)c1ccc(Br)cc1.